The minimum Gasteiger partial charge on any atom is -0.493 e. The zero-order valence-electron chi connectivity index (χ0n) is 22.8. The minimum atomic E-state index is 0.489. The maximum absolute atomic E-state index is 8.19. The van der Waals surface area contributed by atoms with E-state index in [2.05, 4.69) is 23.6 Å². The fraction of sp³-hybridized carbons (Fsp3) is 0.355. The fourth-order valence-electron chi connectivity index (χ4n) is 4.55. The Bertz CT molecular complexity index is 1340. The lowest BCUT2D eigenvalue weighted by molar-refractivity contribution is 0.324. The lowest BCUT2D eigenvalue weighted by Crippen LogP contribution is -2.06. The van der Waals surface area contributed by atoms with Gasteiger partial charge in [-0.1, -0.05) is 50.1 Å². The number of imidazole rings is 1. The number of hydrogen-bond acceptors (Lipinski definition) is 6. The highest BCUT2D eigenvalue weighted by atomic mass is 16.5. The summed E-state index contributed by atoms with van der Waals surface area (Å²) >= 11 is 0. The third kappa shape index (κ3) is 6.28. The Balaban J connectivity index is 1.69. The Morgan fingerprint density at radius 3 is 2.26 bits per heavy atom. The summed E-state index contributed by atoms with van der Waals surface area (Å²) in [4.78, 5) is 5.00. The van der Waals surface area contributed by atoms with Crippen LogP contribution in [0, 0.1) is 5.41 Å². The van der Waals surface area contributed by atoms with Crippen LogP contribution >= 0.6 is 0 Å². The molecular weight excluding hydrogens is 478 g/mol. The molecule has 0 saturated carbocycles. The molecule has 7 heteroatoms. The molecular formula is C31H37N3O4. The summed E-state index contributed by atoms with van der Waals surface area (Å²) in [5, 5.41) is 8.19. The molecule has 38 heavy (non-hydrogen) atoms. The topological polar surface area (TPSA) is 78.6 Å². The van der Waals surface area contributed by atoms with Crippen molar-refractivity contribution in [3.8, 4) is 34.4 Å². The molecule has 0 aliphatic heterocycles. The summed E-state index contributed by atoms with van der Waals surface area (Å²) < 4.78 is 25.0. The summed E-state index contributed by atoms with van der Waals surface area (Å²) in [6.45, 7) is 3.30. The SMILES string of the molecule is CCCCCC(=N)CCOc1ccc2nc(-c3cc(OC)c(OC)c(OC)c3)n(Cc3ccccc3)c2c1. The Kier molecular flexibility index (Phi) is 9.25. The molecule has 1 heterocycles. The highest BCUT2D eigenvalue weighted by Gasteiger charge is 2.19. The van der Waals surface area contributed by atoms with Gasteiger partial charge in [-0.3, -0.25) is 0 Å². The molecule has 0 atom stereocenters. The summed E-state index contributed by atoms with van der Waals surface area (Å²) in [5.41, 5.74) is 4.60. The molecule has 0 aliphatic rings. The van der Waals surface area contributed by atoms with Crippen molar-refractivity contribution >= 4 is 16.7 Å². The summed E-state index contributed by atoms with van der Waals surface area (Å²) in [5.74, 6) is 3.25. The molecule has 0 aliphatic carbocycles. The van der Waals surface area contributed by atoms with Crippen LogP contribution in [0.4, 0.5) is 0 Å². The van der Waals surface area contributed by atoms with Gasteiger partial charge in [0.05, 0.1) is 39.0 Å². The average Bonchev–Trinajstić information content (AvgIpc) is 3.30. The second-order valence-corrected chi connectivity index (χ2v) is 9.23. The first-order chi connectivity index (χ1) is 18.6. The van der Waals surface area contributed by atoms with Gasteiger partial charge in [-0.15, -0.1) is 0 Å². The number of nitrogens with one attached hydrogen (secondary N) is 1. The number of ether oxygens (including phenoxy) is 4. The molecule has 1 aromatic heterocycles. The first-order valence-electron chi connectivity index (χ1n) is 13.1. The Hall–Kier alpha value is -4.00. The van der Waals surface area contributed by atoms with Crippen molar-refractivity contribution in [3.05, 3.63) is 66.2 Å². The maximum atomic E-state index is 8.19. The zero-order chi connectivity index (χ0) is 26.9. The van der Waals surface area contributed by atoms with Crippen LogP contribution in [0.15, 0.2) is 60.7 Å². The van der Waals surface area contributed by atoms with Crippen LogP contribution in [0.2, 0.25) is 0 Å². The number of nitrogens with zero attached hydrogens (tertiary/aromatic N) is 2. The molecule has 1 N–H and O–H groups in total. The molecule has 0 fully saturated rings. The van der Waals surface area contributed by atoms with Crippen molar-refractivity contribution in [2.75, 3.05) is 27.9 Å². The minimum absolute atomic E-state index is 0.489. The van der Waals surface area contributed by atoms with Gasteiger partial charge >= 0.3 is 0 Å². The number of benzene rings is 3. The smallest absolute Gasteiger partial charge is 0.203 e. The van der Waals surface area contributed by atoms with E-state index < -0.39 is 0 Å². The third-order valence-electron chi connectivity index (χ3n) is 6.58. The molecule has 7 nitrogen and oxygen atoms in total. The molecule has 4 rings (SSSR count). The van der Waals surface area contributed by atoms with Gasteiger partial charge in [0, 0.05) is 30.3 Å². The summed E-state index contributed by atoms with van der Waals surface area (Å²) in [7, 11) is 4.82. The molecule has 0 bridgehead atoms. The van der Waals surface area contributed by atoms with Crippen LogP contribution in [-0.2, 0) is 6.54 Å². The van der Waals surface area contributed by atoms with E-state index in [9.17, 15) is 0 Å². The van der Waals surface area contributed by atoms with E-state index >= 15 is 0 Å². The number of methoxy groups -OCH3 is 3. The van der Waals surface area contributed by atoms with Crippen LogP contribution in [0.1, 0.15) is 44.6 Å². The van der Waals surface area contributed by atoms with E-state index in [1.807, 2.05) is 48.5 Å². The highest BCUT2D eigenvalue weighted by Crippen LogP contribution is 2.41. The molecule has 0 amide bonds. The molecule has 0 radical (unpaired) electrons. The van der Waals surface area contributed by atoms with Gasteiger partial charge in [0.2, 0.25) is 5.75 Å². The first kappa shape index (κ1) is 27.0. The molecule has 3 aromatic carbocycles. The van der Waals surface area contributed by atoms with Crippen molar-refractivity contribution in [1.82, 2.24) is 9.55 Å². The molecule has 200 valence electrons. The van der Waals surface area contributed by atoms with E-state index in [0.29, 0.717) is 36.8 Å². The molecule has 4 aromatic rings. The largest absolute Gasteiger partial charge is 0.493 e. The number of fused-ring (bicyclic) bond motifs is 1. The van der Waals surface area contributed by atoms with E-state index in [1.165, 1.54) is 12.8 Å². The van der Waals surface area contributed by atoms with Crippen molar-refractivity contribution in [3.63, 3.8) is 0 Å². The number of aromatic nitrogens is 2. The number of hydrogen-bond donors (Lipinski definition) is 1. The number of unbranched alkanes of at least 4 members (excludes halogenated alkanes) is 2. The number of rotatable bonds is 14. The van der Waals surface area contributed by atoms with Crippen molar-refractivity contribution in [2.24, 2.45) is 0 Å². The van der Waals surface area contributed by atoms with E-state index in [4.69, 9.17) is 29.3 Å². The Morgan fingerprint density at radius 2 is 1.61 bits per heavy atom. The van der Waals surface area contributed by atoms with Crippen LogP contribution in [-0.4, -0.2) is 43.2 Å². The van der Waals surface area contributed by atoms with E-state index in [0.717, 1.165) is 52.3 Å². The van der Waals surface area contributed by atoms with Gasteiger partial charge in [-0.25, -0.2) is 4.98 Å². The second-order valence-electron chi connectivity index (χ2n) is 9.23. The first-order valence-corrected chi connectivity index (χ1v) is 13.1. The van der Waals surface area contributed by atoms with E-state index in [-0.39, 0.29) is 0 Å². The van der Waals surface area contributed by atoms with Gasteiger partial charge < -0.3 is 28.9 Å². The van der Waals surface area contributed by atoms with Gasteiger partial charge in [0.1, 0.15) is 11.6 Å². The third-order valence-corrected chi connectivity index (χ3v) is 6.58. The lowest BCUT2D eigenvalue weighted by Gasteiger charge is -2.15. The van der Waals surface area contributed by atoms with Gasteiger partial charge in [0.25, 0.3) is 0 Å². The van der Waals surface area contributed by atoms with Gasteiger partial charge in [0.15, 0.2) is 11.5 Å². The van der Waals surface area contributed by atoms with Crippen LogP contribution < -0.4 is 18.9 Å². The molecule has 0 saturated heterocycles. The zero-order valence-corrected chi connectivity index (χ0v) is 22.8. The average molecular weight is 516 g/mol. The summed E-state index contributed by atoms with van der Waals surface area (Å²) in [6, 6.07) is 20.1. The van der Waals surface area contributed by atoms with Crippen molar-refractivity contribution in [2.45, 2.75) is 45.6 Å². The predicted octanol–water partition coefficient (Wildman–Crippen LogP) is 7.15. The standard InChI is InChI=1S/C31H37N3O4/c1-5-6-8-13-24(32)16-17-38-25-14-15-26-27(20-25)34(21-22-11-9-7-10-12-22)31(33-26)23-18-28(35-2)30(37-4)29(19-23)36-3/h7,9-12,14-15,18-20,32H,5-6,8,13,16-17,21H2,1-4H3. The van der Waals surface area contributed by atoms with Crippen LogP contribution in [0.25, 0.3) is 22.4 Å². The highest BCUT2D eigenvalue weighted by molar-refractivity contribution is 5.83. The van der Waals surface area contributed by atoms with Crippen LogP contribution in [0.3, 0.4) is 0 Å². The Labute approximate surface area is 224 Å². The van der Waals surface area contributed by atoms with Crippen molar-refractivity contribution < 1.29 is 18.9 Å². The predicted molar refractivity (Wildman–Crippen MR) is 152 cm³/mol. The van der Waals surface area contributed by atoms with Crippen LogP contribution in [0.5, 0.6) is 23.0 Å². The van der Waals surface area contributed by atoms with Crippen molar-refractivity contribution in [1.29, 1.82) is 5.41 Å². The normalized spacial score (nSPS) is 10.9. The maximum Gasteiger partial charge on any atom is 0.203 e. The monoisotopic (exact) mass is 515 g/mol. The van der Waals surface area contributed by atoms with E-state index in [1.54, 1.807) is 21.3 Å². The Morgan fingerprint density at radius 1 is 0.868 bits per heavy atom. The quantitative estimate of drug-likeness (QED) is 0.143. The molecule has 0 unspecified atom stereocenters. The second kappa shape index (κ2) is 13.0. The van der Waals surface area contributed by atoms with Gasteiger partial charge in [-0.2, -0.15) is 0 Å². The molecule has 0 spiro atoms. The summed E-state index contributed by atoms with van der Waals surface area (Å²) in [6.07, 6.45) is 4.89. The lowest BCUT2D eigenvalue weighted by atomic mass is 10.1. The van der Waals surface area contributed by atoms with Gasteiger partial charge in [-0.05, 0) is 42.7 Å². The fourth-order valence-corrected chi connectivity index (χ4v) is 4.55.